The molecular formula is C17H27NSSi. The summed E-state index contributed by atoms with van der Waals surface area (Å²) in [7, 11) is -1.08. The van der Waals surface area contributed by atoms with Gasteiger partial charge < -0.3 is 0 Å². The predicted octanol–water partition coefficient (Wildman–Crippen LogP) is 5.53. The van der Waals surface area contributed by atoms with Crippen molar-refractivity contribution in [2.75, 3.05) is 0 Å². The fourth-order valence-corrected chi connectivity index (χ4v) is 7.44. The van der Waals surface area contributed by atoms with E-state index in [4.69, 9.17) is 4.99 Å². The van der Waals surface area contributed by atoms with Gasteiger partial charge in [0.15, 0.2) is 0 Å². The minimum absolute atomic E-state index is 0.688. The van der Waals surface area contributed by atoms with Gasteiger partial charge in [0.05, 0.1) is 6.54 Å². The van der Waals surface area contributed by atoms with Crippen molar-refractivity contribution in [3.05, 3.63) is 35.9 Å². The highest BCUT2D eigenvalue weighted by Crippen LogP contribution is 2.32. The highest BCUT2D eigenvalue weighted by molar-refractivity contribution is 8.29. The highest BCUT2D eigenvalue weighted by atomic mass is 32.4. The van der Waals surface area contributed by atoms with Crippen LogP contribution in [0.4, 0.5) is 0 Å². The number of nitrogens with zero attached hydrogens (tertiary/aromatic N) is 1. The standard InChI is InChI=1S/C17H27NSSi/c1-20(2,3)19-17-13-9-5-8-12-16(17)18-14-15-10-6-4-7-11-15/h4,6-7,10-11,17H,5,8-9,12-14H2,1-3H3. The fraction of sp³-hybridized carbons (Fsp3) is 0.588. The third kappa shape index (κ3) is 5.45. The van der Waals surface area contributed by atoms with Crippen molar-refractivity contribution in [3.8, 4) is 0 Å². The van der Waals surface area contributed by atoms with Gasteiger partial charge in [-0.25, -0.2) is 0 Å². The molecule has 0 heterocycles. The van der Waals surface area contributed by atoms with Crippen LogP contribution in [0.15, 0.2) is 35.3 Å². The van der Waals surface area contributed by atoms with Gasteiger partial charge in [0.1, 0.15) is 7.22 Å². The molecule has 0 spiro atoms. The summed E-state index contributed by atoms with van der Waals surface area (Å²) in [5, 5.41) is 0.688. The normalized spacial score (nSPS) is 22.8. The summed E-state index contributed by atoms with van der Waals surface area (Å²) < 4.78 is 0. The van der Waals surface area contributed by atoms with E-state index in [9.17, 15) is 0 Å². The maximum atomic E-state index is 5.00. The minimum Gasteiger partial charge on any atom is -0.288 e. The topological polar surface area (TPSA) is 12.4 Å². The molecule has 0 aromatic heterocycles. The van der Waals surface area contributed by atoms with E-state index in [1.807, 2.05) is 0 Å². The van der Waals surface area contributed by atoms with Crippen molar-refractivity contribution in [1.29, 1.82) is 0 Å². The number of rotatable bonds is 4. The fourth-order valence-electron chi connectivity index (χ4n) is 2.65. The van der Waals surface area contributed by atoms with Gasteiger partial charge >= 0.3 is 0 Å². The Hall–Kier alpha value is -0.543. The Kier molecular flexibility index (Phi) is 5.91. The van der Waals surface area contributed by atoms with Gasteiger partial charge in [-0.3, -0.25) is 4.99 Å². The van der Waals surface area contributed by atoms with Gasteiger partial charge in [-0.15, -0.1) is 0 Å². The van der Waals surface area contributed by atoms with Gasteiger partial charge in [-0.1, -0.05) is 62.8 Å². The lowest BCUT2D eigenvalue weighted by molar-refractivity contribution is 0.706. The summed E-state index contributed by atoms with van der Waals surface area (Å²) in [6, 6.07) is 10.7. The van der Waals surface area contributed by atoms with Gasteiger partial charge in [-0.05, 0) is 24.8 Å². The largest absolute Gasteiger partial charge is 0.288 e. The molecule has 0 saturated heterocycles. The molecule has 0 N–H and O–H groups in total. The number of benzene rings is 1. The van der Waals surface area contributed by atoms with Crippen molar-refractivity contribution in [3.63, 3.8) is 0 Å². The first-order chi connectivity index (χ1) is 9.54. The Morgan fingerprint density at radius 2 is 1.85 bits per heavy atom. The van der Waals surface area contributed by atoms with Crippen LogP contribution in [0.1, 0.15) is 37.7 Å². The van der Waals surface area contributed by atoms with Gasteiger partial charge in [0, 0.05) is 11.0 Å². The maximum Gasteiger partial charge on any atom is 0.109 e. The molecule has 3 heteroatoms. The second-order valence-electron chi connectivity index (χ2n) is 6.61. The first-order valence-electron chi connectivity index (χ1n) is 7.79. The van der Waals surface area contributed by atoms with Gasteiger partial charge in [0.25, 0.3) is 0 Å². The highest BCUT2D eigenvalue weighted by Gasteiger charge is 2.25. The zero-order valence-electron chi connectivity index (χ0n) is 13.1. The number of hydrogen-bond donors (Lipinski definition) is 0. The van der Waals surface area contributed by atoms with Crippen LogP contribution in [-0.4, -0.2) is 18.2 Å². The number of hydrogen-bond acceptors (Lipinski definition) is 2. The summed E-state index contributed by atoms with van der Waals surface area (Å²) in [6.07, 6.45) is 6.65. The molecule has 1 atom stereocenters. The molecular weight excluding hydrogens is 278 g/mol. The van der Waals surface area contributed by atoms with Crippen LogP contribution in [-0.2, 0) is 6.54 Å². The van der Waals surface area contributed by atoms with Crippen LogP contribution in [0.25, 0.3) is 0 Å². The second kappa shape index (κ2) is 7.46. The summed E-state index contributed by atoms with van der Waals surface area (Å²) in [6.45, 7) is 8.23. The lowest BCUT2D eigenvalue weighted by Gasteiger charge is -2.24. The molecule has 1 aliphatic carbocycles. The van der Waals surface area contributed by atoms with Crippen LogP contribution in [0.3, 0.4) is 0 Å². The minimum atomic E-state index is -1.08. The van der Waals surface area contributed by atoms with E-state index in [-0.39, 0.29) is 0 Å². The average Bonchev–Trinajstić information content (AvgIpc) is 2.61. The molecule has 0 amide bonds. The summed E-state index contributed by atoms with van der Waals surface area (Å²) in [4.78, 5) is 5.00. The van der Waals surface area contributed by atoms with Crippen molar-refractivity contribution in [1.82, 2.24) is 0 Å². The zero-order valence-corrected chi connectivity index (χ0v) is 14.9. The SMILES string of the molecule is C[Si](C)(C)SC1CCCCCC1=NCc1ccccc1. The molecule has 1 fully saturated rings. The molecule has 2 rings (SSSR count). The van der Waals surface area contributed by atoms with Crippen LogP contribution in [0, 0.1) is 0 Å². The lowest BCUT2D eigenvalue weighted by Crippen LogP contribution is -2.26. The molecule has 1 aromatic carbocycles. The third-order valence-corrected chi connectivity index (χ3v) is 8.05. The van der Waals surface area contributed by atoms with E-state index in [1.165, 1.54) is 43.4 Å². The molecule has 1 aliphatic rings. The Balaban J connectivity index is 2.07. The van der Waals surface area contributed by atoms with E-state index in [2.05, 4.69) is 61.2 Å². The molecule has 0 aliphatic heterocycles. The smallest absolute Gasteiger partial charge is 0.109 e. The first-order valence-corrected chi connectivity index (χ1v) is 12.9. The molecule has 0 radical (unpaired) electrons. The summed E-state index contributed by atoms with van der Waals surface area (Å²) in [5.41, 5.74) is 2.82. The molecule has 1 aromatic rings. The average molecular weight is 306 g/mol. The van der Waals surface area contributed by atoms with Crippen LogP contribution in [0.2, 0.25) is 19.6 Å². The first kappa shape index (κ1) is 15.8. The number of aliphatic imine (C=N–C) groups is 1. The van der Waals surface area contributed by atoms with Crippen LogP contribution < -0.4 is 0 Å². The van der Waals surface area contributed by atoms with E-state index in [0.29, 0.717) is 5.25 Å². The van der Waals surface area contributed by atoms with Crippen LogP contribution in [0.5, 0.6) is 0 Å². The van der Waals surface area contributed by atoms with Gasteiger partial charge in [0.2, 0.25) is 0 Å². The molecule has 20 heavy (non-hydrogen) atoms. The van der Waals surface area contributed by atoms with Crippen LogP contribution >= 0.6 is 11.2 Å². The summed E-state index contributed by atoms with van der Waals surface area (Å²) >= 11 is 2.24. The molecule has 1 unspecified atom stereocenters. The van der Waals surface area contributed by atoms with Crippen molar-refractivity contribution < 1.29 is 0 Å². The zero-order chi connectivity index (χ0) is 14.4. The predicted molar refractivity (Wildman–Crippen MR) is 95.4 cm³/mol. The molecule has 110 valence electrons. The summed E-state index contributed by atoms with van der Waals surface area (Å²) in [5.74, 6) is 0. The molecule has 0 bridgehead atoms. The van der Waals surface area contributed by atoms with E-state index < -0.39 is 7.22 Å². The lowest BCUT2D eigenvalue weighted by atomic mass is 10.1. The van der Waals surface area contributed by atoms with Crippen molar-refractivity contribution in [2.24, 2.45) is 4.99 Å². The third-order valence-electron chi connectivity index (χ3n) is 3.57. The Labute approximate surface area is 128 Å². The van der Waals surface area contributed by atoms with E-state index in [0.717, 1.165) is 6.54 Å². The second-order valence-corrected chi connectivity index (χ2v) is 16.0. The van der Waals surface area contributed by atoms with Crippen molar-refractivity contribution >= 4 is 24.1 Å². The monoisotopic (exact) mass is 305 g/mol. The maximum absolute atomic E-state index is 5.00. The Bertz CT molecular complexity index is 436. The molecule has 1 nitrogen and oxygen atoms in total. The molecule has 1 saturated carbocycles. The van der Waals surface area contributed by atoms with E-state index in [1.54, 1.807) is 0 Å². The Morgan fingerprint density at radius 3 is 2.55 bits per heavy atom. The van der Waals surface area contributed by atoms with Crippen molar-refractivity contribution in [2.45, 2.75) is 63.5 Å². The quantitative estimate of drug-likeness (QED) is 0.526. The van der Waals surface area contributed by atoms with Gasteiger partial charge in [-0.2, -0.15) is 11.2 Å². The Morgan fingerprint density at radius 1 is 1.10 bits per heavy atom. The van der Waals surface area contributed by atoms with E-state index >= 15 is 0 Å².